The standard InChI is InChI=1S/C24H25N5O3/c1-31-20-8-2-17(3-9-20)4-11-22(30)29-14-12-28(13-15-29)21-10-7-19(16-25-21)23-26-24(32-27-23)18-5-6-18/h2-4,7-11,16,18H,5-6,12-15H2,1H3/b11-4-. The molecule has 8 heteroatoms. The van der Waals surface area contributed by atoms with E-state index >= 15 is 0 Å². The first-order valence-electron chi connectivity index (χ1n) is 10.9. The fraction of sp³-hybridized carbons (Fsp3) is 0.333. The summed E-state index contributed by atoms with van der Waals surface area (Å²) >= 11 is 0. The van der Waals surface area contributed by atoms with Gasteiger partial charge in [-0.3, -0.25) is 4.79 Å². The molecule has 8 nitrogen and oxygen atoms in total. The van der Waals surface area contributed by atoms with Crippen molar-refractivity contribution in [2.45, 2.75) is 18.8 Å². The number of anilines is 1. The number of ether oxygens (including phenoxy) is 1. The van der Waals surface area contributed by atoms with Gasteiger partial charge in [-0.25, -0.2) is 4.98 Å². The van der Waals surface area contributed by atoms with Crippen molar-refractivity contribution in [3.8, 4) is 17.1 Å². The highest BCUT2D eigenvalue weighted by molar-refractivity contribution is 5.92. The smallest absolute Gasteiger partial charge is 0.246 e. The second-order valence-electron chi connectivity index (χ2n) is 8.05. The summed E-state index contributed by atoms with van der Waals surface area (Å²) in [6.45, 7) is 2.79. The summed E-state index contributed by atoms with van der Waals surface area (Å²) in [5.41, 5.74) is 1.81. The van der Waals surface area contributed by atoms with Crippen LogP contribution in [0.5, 0.6) is 5.75 Å². The molecule has 0 radical (unpaired) electrons. The highest BCUT2D eigenvalue weighted by Crippen LogP contribution is 2.39. The van der Waals surface area contributed by atoms with Crippen molar-refractivity contribution in [1.29, 1.82) is 0 Å². The second kappa shape index (κ2) is 8.82. The number of pyridine rings is 1. The van der Waals surface area contributed by atoms with Gasteiger partial charge in [0, 0.05) is 49.9 Å². The Balaban J connectivity index is 1.15. The van der Waals surface area contributed by atoms with Crippen LogP contribution in [0.1, 0.15) is 30.2 Å². The molecule has 0 N–H and O–H groups in total. The Morgan fingerprint density at radius 1 is 1.09 bits per heavy atom. The molecule has 0 atom stereocenters. The predicted molar refractivity (Wildman–Crippen MR) is 120 cm³/mol. The first-order chi connectivity index (χ1) is 15.7. The minimum Gasteiger partial charge on any atom is -0.497 e. The van der Waals surface area contributed by atoms with E-state index in [0.717, 1.165) is 54.5 Å². The van der Waals surface area contributed by atoms with Crippen LogP contribution in [-0.4, -0.2) is 59.2 Å². The first kappa shape index (κ1) is 20.2. The minimum atomic E-state index is 0.0207. The number of piperazine rings is 1. The molecule has 2 aliphatic rings. The molecule has 32 heavy (non-hydrogen) atoms. The molecule has 1 aromatic carbocycles. The molecule has 1 saturated carbocycles. The maximum atomic E-state index is 12.6. The molecule has 0 unspecified atom stereocenters. The van der Waals surface area contributed by atoms with Crippen LogP contribution < -0.4 is 9.64 Å². The minimum absolute atomic E-state index is 0.0207. The predicted octanol–water partition coefficient (Wildman–Crippen LogP) is 3.38. The molecule has 2 aromatic heterocycles. The molecule has 1 aliphatic carbocycles. The van der Waals surface area contributed by atoms with Gasteiger partial charge in [0.25, 0.3) is 0 Å². The molecular formula is C24H25N5O3. The van der Waals surface area contributed by atoms with Crippen molar-refractivity contribution >= 4 is 17.8 Å². The van der Waals surface area contributed by atoms with E-state index in [0.29, 0.717) is 24.8 Å². The average Bonchev–Trinajstić information content (AvgIpc) is 3.59. The molecule has 1 aliphatic heterocycles. The third-order valence-corrected chi connectivity index (χ3v) is 5.82. The van der Waals surface area contributed by atoms with Gasteiger partial charge in [-0.1, -0.05) is 17.3 Å². The van der Waals surface area contributed by atoms with Gasteiger partial charge in [0.2, 0.25) is 17.6 Å². The van der Waals surface area contributed by atoms with E-state index in [-0.39, 0.29) is 5.91 Å². The number of nitrogens with zero attached hydrogens (tertiary/aromatic N) is 5. The van der Waals surface area contributed by atoms with E-state index in [9.17, 15) is 4.79 Å². The number of rotatable bonds is 6. The topological polar surface area (TPSA) is 84.6 Å². The van der Waals surface area contributed by atoms with Gasteiger partial charge in [0.15, 0.2) is 0 Å². The maximum absolute atomic E-state index is 12.6. The average molecular weight is 431 g/mol. The van der Waals surface area contributed by atoms with Crippen molar-refractivity contribution in [2.24, 2.45) is 0 Å². The van der Waals surface area contributed by atoms with Crippen LogP contribution in [0.3, 0.4) is 0 Å². The summed E-state index contributed by atoms with van der Waals surface area (Å²) in [4.78, 5) is 25.7. The van der Waals surface area contributed by atoms with Crippen LogP contribution in [0.4, 0.5) is 5.82 Å². The SMILES string of the molecule is COc1ccc(/C=C\C(=O)N2CCN(c3ccc(-c4noc(C5CC5)n4)cn3)CC2)cc1. The zero-order valence-electron chi connectivity index (χ0n) is 18.0. The van der Waals surface area contributed by atoms with Crippen molar-refractivity contribution in [1.82, 2.24) is 20.0 Å². The van der Waals surface area contributed by atoms with Crippen LogP contribution in [0, 0.1) is 0 Å². The second-order valence-corrected chi connectivity index (χ2v) is 8.05. The van der Waals surface area contributed by atoms with Gasteiger partial charge in [-0.05, 0) is 48.7 Å². The summed E-state index contributed by atoms with van der Waals surface area (Å²) in [6.07, 6.45) is 7.51. The van der Waals surface area contributed by atoms with E-state index in [4.69, 9.17) is 9.26 Å². The van der Waals surface area contributed by atoms with E-state index < -0.39 is 0 Å². The van der Waals surface area contributed by atoms with Gasteiger partial charge in [0.05, 0.1) is 7.11 Å². The molecule has 1 saturated heterocycles. The van der Waals surface area contributed by atoms with Gasteiger partial charge in [0.1, 0.15) is 11.6 Å². The van der Waals surface area contributed by atoms with Crippen LogP contribution >= 0.6 is 0 Å². The number of aromatic nitrogens is 3. The number of methoxy groups -OCH3 is 1. The summed E-state index contributed by atoms with van der Waals surface area (Å²) < 4.78 is 10.5. The molecule has 5 rings (SSSR count). The summed E-state index contributed by atoms with van der Waals surface area (Å²) in [5, 5.41) is 4.07. The van der Waals surface area contributed by atoms with Crippen molar-refractivity contribution < 1.29 is 14.1 Å². The first-order valence-corrected chi connectivity index (χ1v) is 10.9. The fourth-order valence-corrected chi connectivity index (χ4v) is 3.70. The lowest BCUT2D eigenvalue weighted by molar-refractivity contribution is -0.126. The molecule has 0 bridgehead atoms. The third kappa shape index (κ3) is 4.49. The number of carbonyl (C=O) groups is 1. The van der Waals surface area contributed by atoms with Crippen LogP contribution in [0.15, 0.2) is 53.2 Å². The number of carbonyl (C=O) groups excluding carboxylic acids is 1. The lowest BCUT2D eigenvalue weighted by Crippen LogP contribution is -2.48. The van der Waals surface area contributed by atoms with Crippen LogP contribution in [0.2, 0.25) is 0 Å². The Kier molecular flexibility index (Phi) is 5.58. The Morgan fingerprint density at radius 2 is 1.88 bits per heavy atom. The van der Waals surface area contributed by atoms with Gasteiger partial charge in [-0.15, -0.1) is 0 Å². The number of hydrogen-bond acceptors (Lipinski definition) is 7. The van der Waals surface area contributed by atoms with Crippen molar-refractivity contribution in [2.75, 3.05) is 38.2 Å². The number of amides is 1. The Hall–Kier alpha value is -3.68. The third-order valence-electron chi connectivity index (χ3n) is 5.82. The lowest BCUT2D eigenvalue weighted by atomic mass is 10.2. The maximum Gasteiger partial charge on any atom is 0.246 e. The lowest BCUT2D eigenvalue weighted by Gasteiger charge is -2.35. The summed E-state index contributed by atoms with van der Waals surface area (Å²) in [5.74, 6) is 3.46. The molecule has 164 valence electrons. The number of hydrogen-bond donors (Lipinski definition) is 0. The molecule has 2 fully saturated rings. The molecule has 3 heterocycles. The van der Waals surface area contributed by atoms with Crippen molar-refractivity contribution in [3.63, 3.8) is 0 Å². The van der Waals surface area contributed by atoms with Gasteiger partial charge in [-0.2, -0.15) is 4.98 Å². The molecule has 3 aromatic rings. The largest absolute Gasteiger partial charge is 0.497 e. The molecule has 0 spiro atoms. The molecular weight excluding hydrogens is 406 g/mol. The van der Waals surface area contributed by atoms with E-state index in [1.54, 1.807) is 19.4 Å². The van der Waals surface area contributed by atoms with E-state index in [2.05, 4.69) is 20.0 Å². The van der Waals surface area contributed by atoms with E-state index in [1.807, 2.05) is 47.4 Å². The Bertz CT molecular complexity index is 1100. The highest BCUT2D eigenvalue weighted by Gasteiger charge is 2.30. The number of benzene rings is 1. The molecule has 1 amide bonds. The quantitative estimate of drug-likeness (QED) is 0.553. The van der Waals surface area contributed by atoms with Crippen LogP contribution in [0.25, 0.3) is 17.5 Å². The monoisotopic (exact) mass is 431 g/mol. The van der Waals surface area contributed by atoms with Gasteiger partial charge < -0.3 is 19.1 Å². The highest BCUT2D eigenvalue weighted by atomic mass is 16.5. The zero-order valence-corrected chi connectivity index (χ0v) is 18.0. The Morgan fingerprint density at radius 3 is 2.53 bits per heavy atom. The summed E-state index contributed by atoms with van der Waals surface area (Å²) in [7, 11) is 1.64. The summed E-state index contributed by atoms with van der Waals surface area (Å²) in [6, 6.07) is 11.6. The van der Waals surface area contributed by atoms with Gasteiger partial charge >= 0.3 is 0 Å². The normalized spacial score (nSPS) is 16.5. The van der Waals surface area contributed by atoms with Crippen LogP contribution in [-0.2, 0) is 4.79 Å². The fourth-order valence-electron chi connectivity index (χ4n) is 3.70. The van der Waals surface area contributed by atoms with Crippen molar-refractivity contribution in [3.05, 3.63) is 60.1 Å². The van der Waals surface area contributed by atoms with E-state index in [1.165, 1.54) is 0 Å². The Labute approximate surface area is 186 Å². The zero-order chi connectivity index (χ0) is 21.9.